The Bertz CT molecular complexity index is 1000. The van der Waals surface area contributed by atoms with Crippen LogP contribution in [0.15, 0.2) is 47.6 Å². The van der Waals surface area contributed by atoms with Gasteiger partial charge in [-0.2, -0.15) is 14.9 Å². The summed E-state index contributed by atoms with van der Waals surface area (Å²) in [7, 11) is 0. The van der Waals surface area contributed by atoms with Gasteiger partial charge in [0.05, 0.1) is 6.21 Å². The normalized spacial score (nSPS) is 11.2. The number of rotatable bonds is 6. The van der Waals surface area contributed by atoms with Gasteiger partial charge < -0.3 is 15.1 Å². The molecule has 1 heterocycles. The van der Waals surface area contributed by atoms with Crippen molar-refractivity contribution in [3.63, 3.8) is 0 Å². The van der Waals surface area contributed by atoms with E-state index in [-0.39, 0.29) is 11.5 Å². The van der Waals surface area contributed by atoms with Crippen LogP contribution in [0.4, 0.5) is 5.69 Å². The number of aromatic amines is 1. The Labute approximate surface area is 162 Å². The third-order valence-electron chi connectivity index (χ3n) is 4.23. The number of nitrogens with zero attached hydrogens (tertiary/aromatic N) is 4. The fourth-order valence-electron chi connectivity index (χ4n) is 2.76. The topological polar surface area (TPSA) is 89.7 Å². The number of hydrogen-bond donors (Lipinski definition) is 3. The first kappa shape index (κ1) is 18.7. The van der Waals surface area contributed by atoms with Gasteiger partial charge in [-0.15, -0.1) is 0 Å². The fourth-order valence-corrected chi connectivity index (χ4v) is 2.94. The molecule has 3 rings (SSSR count). The number of benzene rings is 2. The molecular weight excluding hydrogens is 362 g/mol. The Hall–Kier alpha value is -3.13. The molecule has 7 nitrogen and oxygen atoms in total. The van der Waals surface area contributed by atoms with Crippen molar-refractivity contribution in [2.75, 3.05) is 18.0 Å². The molecular formula is C19H21N5O2S. The van der Waals surface area contributed by atoms with E-state index in [2.05, 4.69) is 34.0 Å². The van der Waals surface area contributed by atoms with E-state index < -0.39 is 0 Å². The van der Waals surface area contributed by atoms with E-state index in [9.17, 15) is 10.2 Å². The molecule has 0 fully saturated rings. The summed E-state index contributed by atoms with van der Waals surface area (Å²) in [5, 5.41) is 30.6. The molecule has 0 aliphatic heterocycles. The fraction of sp³-hybridized carbons (Fsp3) is 0.211. The number of phenols is 2. The Kier molecular flexibility index (Phi) is 5.56. The van der Waals surface area contributed by atoms with Crippen molar-refractivity contribution in [2.45, 2.75) is 13.8 Å². The van der Waals surface area contributed by atoms with Crippen LogP contribution in [0.2, 0.25) is 0 Å². The third-order valence-corrected chi connectivity index (χ3v) is 4.50. The molecule has 0 amide bonds. The van der Waals surface area contributed by atoms with Gasteiger partial charge in [0, 0.05) is 36.0 Å². The summed E-state index contributed by atoms with van der Waals surface area (Å²) in [6, 6.07) is 12.3. The van der Waals surface area contributed by atoms with E-state index in [0.717, 1.165) is 24.3 Å². The highest BCUT2D eigenvalue weighted by molar-refractivity contribution is 7.71. The molecule has 0 bridgehead atoms. The minimum atomic E-state index is -0.0705. The molecule has 0 radical (unpaired) electrons. The van der Waals surface area contributed by atoms with Crippen LogP contribution in [0, 0.1) is 4.77 Å². The maximum absolute atomic E-state index is 9.89. The van der Waals surface area contributed by atoms with E-state index in [1.807, 2.05) is 24.3 Å². The quantitative estimate of drug-likeness (QED) is 0.446. The van der Waals surface area contributed by atoms with Crippen molar-refractivity contribution in [3.8, 4) is 22.9 Å². The Morgan fingerprint density at radius 1 is 1.15 bits per heavy atom. The summed E-state index contributed by atoms with van der Waals surface area (Å²) < 4.78 is 1.83. The highest BCUT2D eigenvalue weighted by atomic mass is 32.1. The van der Waals surface area contributed by atoms with Gasteiger partial charge in [-0.3, -0.25) is 0 Å². The lowest BCUT2D eigenvalue weighted by Crippen LogP contribution is -2.21. The molecule has 2 aromatic carbocycles. The molecule has 0 unspecified atom stereocenters. The average Bonchev–Trinajstić information content (AvgIpc) is 3.03. The predicted octanol–water partition coefficient (Wildman–Crippen LogP) is 3.75. The van der Waals surface area contributed by atoms with Gasteiger partial charge in [0.2, 0.25) is 4.77 Å². The van der Waals surface area contributed by atoms with Crippen LogP contribution < -0.4 is 4.90 Å². The number of aromatic hydroxyl groups is 2. The molecule has 0 atom stereocenters. The second-order valence-electron chi connectivity index (χ2n) is 5.87. The average molecular weight is 383 g/mol. The summed E-state index contributed by atoms with van der Waals surface area (Å²) in [5.74, 6) is 0.484. The lowest BCUT2D eigenvalue weighted by molar-refractivity contribution is 0.450. The predicted molar refractivity (Wildman–Crippen MR) is 109 cm³/mol. The van der Waals surface area contributed by atoms with Crippen molar-refractivity contribution in [2.24, 2.45) is 5.10 Å². The molecule has 0 spiro atoms. The molecule has 3 aromatic rings. The minimum absolute atomic E-state index is 0.0152. The number of hydrogen-bond acceptors (Lipinski definition) is 6. The van der Waals surface area contributed by atoms with E-state index in [4.69, 9.17) is 12.2 Å². The highest BCUT2D eigenvalue weighted by Crippen LogP contribution is 2.23. The molecule has 1 aromatic heterocycles. The van der Waals surface area contributed by atoms with Crippen LogP contribution in [-0.4, -0.2) is 44.4 Å². The van der Waals surface area contributed by atoms with Gasteiger partial charge in [0.1, 0.15) is 11.5 Å². The zero-order valence-corrected chi connectivity index (χ0v) is 15.9. The molecule has 0 saturated carbocycles. The standard InChI is InChI=1S/C19H21N5O2S/c1-3-23(4-2)15-8-5-13(6-9-15)18-21-22-19(27)24(18)20-12-14-7-10-16(25)11-17(14)26/h5-12,25-26H,3-4H2,1-2H3,(H,22,27). The Morgan fingerprint density at radius 3 is 2.48 bits per heavy atom. The first-order chi connectivity index (χ1) is 13.0. The van der Waals surface area contributed by atoms with Gasteiger partial charge in [0.15, 0.2) is 5.82 Å². The lowest BCUT2D eigenvalue weighted by Gasteiger charge is -2.20. The smallest absolute Gasteiger partial charge is 0.216 e. The molecule has 0 aliphatic rings. The number of H-pyrrole nitrogens is 1. The first-order valence-electron chi connectivity index (χ1n) is 8.62. The summed E-state index contributed by atoms with van der Waals surface area (Å²) in [5.41, 5.74) is 2.46. The number of aromatic nitrogens is 3. The minimum Gasteiger partial charge on any atom is -0.508 e. The van der Waals surface area contributed by atoms with Crippen LogP contribution >= 0.6 is 12.2 Å². The van der Waals surface area contributed by atoms with Crippen molar-refractivity contribution < 1.29 is 10.2 Å². The Balaban J connectivity index is 1.93. The molecule has 27 heavy (non-hydrogen) atoms. The maximum atomic E-state index is 9.89. The molecule has 140 valence electrons. The van der Waals surface area contributed by atoms with Crippen LogP contribution in [0.3, 0.4) is 0 Å². The molecule has 8 heteroatoms. The van der Waals surface area contributed by atoms with E-state index in [1.54, 1.807) is 6.07 Å². The van der Waals surface area contributed by atoms with E-state index in [0.29, 0.717) is 16.2 Å². The maximum Gasteiger partial charge on any atom is 0.216 e. The van der Waals surface area contributed by atoms with Gasteiger partial charge in [-0.25, -0.2) is 5.10 Å². The van der Waals surface area contributed by atoms with Gasteiger partial charge in [0.25, 0.3) is 0 Å². The highest BCUT2D eigenvalue weighted by Gasteiger charge is 2.10. The van der Waals surface area contributed by atoms with Crippen molar-refractivity contribution in [3.05, 3.63) is 52.8 Å². The van der Waals surface area contributed by atoms with Gasteiger partial charge >= 0.3 is 0 Å². The number of anilines is 1. The van der Waals surface area contributed by atoms with Crippen LogP contribution in [0.5, 0.6) is 11.5 Å². The largest absolute Gasteiger partial charge is 0.508 e. The van der Waals surface area contributed by atoms with Crippen molar-refractivity contribution in [1.29, 1.82) is 0 Å². The molecule has 0 aliphatic carbocycles. The van der Waals surface area contributed by atoms with Crippen molar-refractivity contribution >= 4 is 24.1 Å². The second-order valence-corrected chi connectivity index (χ2v) is 6.26. The van der Waals surface area contributed by atoms with E-state index >= 15 is 0 Å². The zero-order chi connectivity index (χ0) is 19.4. The second kappa shape index (κ2) is 8.05. The third kappa shape index (κ3) is 4.01. The summed E-state index contributed by atoms with van der Waals surface area (Å²) >= 11 is 5.27. The van der Waals surface area contributed by atoms with Crippen LogP contribution in [0.25, 0.3) is 11.4 Å². The number of nitrogens with one attached hydrogen (secondary N) is 1. The summed E-state index contributed by atoms with van der Waals surface area (Å²) in [6.07, 6.45) is 1.47. The molecule has 0 saturated heterocycles. The lowest BCUT2D eigenvalue weighted by atomic mass is 10.2. The zero-order valence-electron chi connectivity index (χ0n) is 15.1. The SMILES string of the molecule is CCN(CC)c1ccc(-c2n[nH]c(=S)n2N=Cc2ccc(O)cc2O)cc1. The van der Waals surface area contributed by atoms with Crippen LogP contribution in [-0.2, 0) is 0 Å². The Morgan fingerprint density at radius 2 is 1.85 bits per heavy atom. The summed E-state index contributed by atoms with van der Waals surface area (Å²) in [6.45, 7) is 6.12. The van der Waals surface area contributed by atoms with Gasteiger partial charge in [-0.1, -0.05) is 0 Å². The van der Waals surface area contributed by atoms with Crippen LogP contribution in [0.1, 0.15) is 19.4 Å². The van der Waals surface area contributed by atoms with Crippen molar-refractivity contribution in [1.82, 2.24) is 14.9 Å². The molecule has 3 N–H and O–H groups in total. The van der Waals surface area contributed by atoms with E-state index in [1.165, 1.54) is 23.0 Å². The van der Waals surface area contributed by atoms with Gasteiger partial charge in [-0.05, 0) is 62.5 Å². The number of phenolic OH excluding ortho intramolecular Hbond substituents is 2. The first-order valence-corrected chi connectivity index (χ1v) is 9.03. The monoisotopic (exact) mass is 383 g/mol. The summed E-state index contributed by atoms with van der Waals surface area (Å²) in [4.78, 5) is 2.26.